The van der Waals surface area contributed by atoms with E-state index < -0.39 is 0 Å². The topological polar surface area (TPSA) is 17.8 Å². The highest BCUT2D eigenvalue weighted by molar-refractivity contribution is 7.78. The normalized spacial score (nSPS) is 9.54. The van der Waals surface area contributed by atoms with Crippen molar-refractivity contribution in [3.8, 4) is 0 Å². The number of nitrogens with zero attached hydrogens (tertiary/aromatic N) is 2. The standard InChI is InChI=1S/C8H8N2S.C2H6/c1-6-7-4-2-3-5-8(7)10(11)9-6;1-2/h2-5,11H,1H3;1-2H3. The van der Waals surface area contributed by atoms with Crippen LogP contribution in [0.25, 0.3) is 10.9 Å². The molecule has 1 aromatic heterocycles. The molecule has 0 unspecified atom stereocenters. The van der Waals surface area contributed by atoms with Crippen molar-refractivity contribution in [1.29, 1.82) is 0 Å². The summed E-state index contributed by atoms with van der Waals surface area (Å²) < 4.78 is 1.60. The molecule has 0 spiro atoms. The summed E-state index contributed by atoms with van der Waals surface area (Å²) >= 11 is 4.18. The van der Waals surface area contributed by atoms with Crippen molar-refractivity contribution < 1.29 is 0 Å². The smallest absolute Gasteiger partial charge is 0.0811 e. The average Bonchev–Trinajstić information content (AvgIpc) is 2.47. The lowest BCUT2D eigenvalue weighted by Gasteiger charge is -1.88. The van der Waals surface area contributed by atoms with E-state index >= 15 is 0 Å². The van der Waals surface area contributed by atoms with Crippen LogP contribution >= 0.6 is 12.8 Å². The summed E-state index contributed by atoms with van der Waals surface area (Å²) in [4.78, 5) is 0. The van der Waals surface area contributed by atoms with E-state index in [9.17, 15) is 0 Å². The Bertz CT molecular complexity index is 357. The first-order valence-electron chi connectivity index (χ1n) is 4.42. The SMILES string of the molecule is CC.Cc1nn(S)c2ccccc12. The summed E-state index contributed by atoms with van der Waals surface area (Å²) in [5.41, 5.74) is 2.09. The van der Waals surface area contributed by atoms with E-state index in [0.29, 0.717) is 0 Å². The van der Waals surface area contributed by atoms with Crippen molar-refractivity contribution >= 4 is 23.7 Å². The molecule has 0 saturated heterocycles. The van der Waals surface area contributed by atoms with Crippen LogP contribution in [0.5, 0.6) is 0 Å². The summed E-state index contributed by atoms with van der Waals surface area (Å²) in [6.07, 6.45) is 0. The van der Waals surface area contributed by atoms with E-state index in [2.05, 4.69) is 17.9 Å². The maximum Gasteiger partial charge on any atom is 0.0811 e. The Morgan fingerprint density at radius 3 is 2.46 bits per heavy atom. The zero-order valence-electron chi connectivity index (χ0n) is 8.15. The molecule has 0 atom stereocenters. The van der Waals surface area contributed by atoms with Crippen LogP contribution in [0.1, 0.15) is 19.5 Å². The number of benzene rings is 1. The maximum atomic E-state index is 4.18. The molecule has 13 heavy (non-hydrogen) atoms. The maximum absolute atomic E-state index is 4.18. The van der Waals surface area contributed by atoms with Gasteiger partial charge in [-0.15, -0.1) is 0 Å². The monoisotopic (exact) mass is 194 g/mol. The molecule has 0 N–H and O–H groups in total. The molecular weight excluding hydrogens is 180 g/mol. The number of aryl methyl sites for hydroxylation is 1. The van der Waals surface area contributed by atoms with Gasteiger partial charge in [0, 0.05) is 5.39 Å². The van der Waals surface area contributed by atoms with Crippen LogP contribution in [0.4, 0.5) is 0 Å². The van der Waals surface area contributed by atoms with Gasteiger partial charge in [-0.1, -0.05) is 32.0 Å². The largest absolute Gasteiger partial charge is 0.209 e. The lowest BCUT2D eigenvalue weighted by atomic mass is 10.2. The highest BCUT2D eigenvalue weighted by Crippen LogP contribution is 2.17. The average molecular weight is 194 g/mol. The molecule has 70 valence electrons. The van der Waals surface area contributed by atoms with Gasteiger partial charge in [0.25, 0.3) is 0 Å². The van der Waals surface area contributed by atoms with E-state index in [1.807, 2.05) is 45.0 Å². The molecule has 1 aromatic carbocycles. The molecule has 0 radical (unpaired) electrons. The molecule has 3 heteroatoms. The van der Waals surface area contributed by atoms with Gasteiger partial charge >= 0.3 is 0 Å². The molecular formula is C10H14N2S. The lowest BCUT2D eigenvalue weighted by Crippen LogP contribution is -1.80. The van der Waals surface area contributed by atoms with Crippen LogP contribution in [0.15, 0.2) is 24.3 Å². The predicted molar refractivity (Wildman–Crippen MR) is 60.2 cm³/mol. The Labute approximate surface area is 84.1 Å². The molecule has 0 fully saturated rings. The Balaban J connectivity index is 0.000000396. The van der Waals surface area contributed by atoms with Gasteiger partial charge in [0.05, 0.1) is 11.2 Å². The second kappa shape index (κ2) is 4.33. The van der Waals surface area contributed by atoms with E-state index in [-0.39, 0.29) is 0 Å². The second-order valence-electron chi connectivity index (χ2n) is 2.49. The summed E-state index contributed by atoms with van der Waals surface area (Å²) in [5, 5.41) is 5.34. The molecule has 1 heterocycles. The number of hydrogen-bond donors (Lipinski definition) is 1. The van der Waals surface area contributed by atoms with Crippen LogP contribution in [0.3, 0.4) is 0 Å². The van der Waals surface area contributed by atoms with Crippen molar-refractivity contribution in [2.24, 2.45) is 0 Å². The van der Waals surface area contributed by atoms with Gasteiger partial charge < -0.3 is 0 Å². The number of rotatable bonds is 0. The fourth-order valence-electron chi connectivity index (χ4n) is 1.20. The summed E-state index contributed by atoms with van der Waals surface area (Å²) in [6.45, 7) is 5.98. The molecule has 0 aliphatic rings. The molecule has 0 amide bonds. The van der Waals surface area contributed by atoms with Crippen molar-refractivity contribution in [2.75, 3.05) is 0 Å². The zero-order valence-corrected chi connectivity index (χ0v) is 9.05. The van der Waals surface area contributed by atoms with Gasteiger partial charge in [0.15, 0.2) is 0 Å². The fraction of sp³-hybridized carbons (Fsp3) is 0.300. The molecule has 2 rings (SSSR count). The Kier molecular flexibility index (Phi) is 3.37. The van der Waals surface area contributed by atoms with Crippen LogP contribution in [-0.4, -0.2) is 9.19 Å². The van der Waals surface area contributed by atoms with E-state index in [1.165, 1.54) is 5.39 Å². The van der Waals surface area contributed by atoms with Crippen LogP contribution in [0.2, 0.25) is 0 Å². The van der Waals surface area contributed by atoms with Crippen molar-refractivity contribution in [3.63, 3.8) is 0 Å². The quantitative estimate of drug-likeness (QED) is 0.638. The molecule has 0 saturated carbocycles. The van der Waals surface area contributed by atoms with Crippen LogP contribution in [-0.2, 0) is 0 Å². The minimum Gasteiger partial charge on any atom is -0.209 e. The summed E-state index contributed by atoms with van der Waals surface area (Å²) in [6, 6.07) is 8.04. The molecule has 0 aliphatic heterocycles. The minimum absolute atomic E-state index is 1.02. The summed E-state index contributed by atoms with van der Waals surface area (Å²) in [5.74, 6) is 0. The number of fused-ring (bicyclic) bond motifs is 1. The predicted octanol–water partition coefficient (Wildman–Crippen LogP) is 3.06. The van der Waals surface area contributed by atoms with Gasteiger partial charge in [0.2, 0.25) is 0 Å². The first-order chi connectivity index (χ1) is 6.29. The van der Waals surface area contributed by atoms with Crippen molar-refractivity contribution in [3.05, 3.63) is 30.0 Å². The van der Waals surface area contributed by atoms with Crippen LogP contribution in [0, 0.1) is 6.92 Å². The number of hydrogen-bond acceptors (Lipinski definition) is 2. The Hall–Kier alpha value is -0.960. The van der Waals surface area contributed by atoms with Crippen molar-refractivity contribution in [1.82, 2.24) is 9.19 Å². The van der Waals surface area contributed by atoms with Gasteiger partial charge in [-0.05, 0) is 25.8 Å². The molecule has 0 bridgehead atoms. The first-order valence-corrected chi connectivity index (χ1v) is 4.82. The highest BCUT2D eigenvalue weighted by Gasteiger charge is 2.01. The van der Waals surface area contributed by atoms with Crippen molar-refractivity contribution in [2.45, 2.75) is 20.8 Å². The Morgan fingerprint density at radius 2 is 1.85 bits per heavy atom. The zero-order chi connectivity index (χ0) is 9.84. The third-order valence-electron chi connectivity index (χ3n) is 1.75. The third-order valence-corrected chi connectivity index (χ3v) is 2.06. The third kappa shape index (κ3) is 1.86. The summed E-state index contributed by atoms with van der Waals surface area (Å²) in [7, 11) is 0. The van der Waals surface area contributed by atoms with Gasteiger partial charge in [0.1, 0.15) is 0 Å². The molecule has 2 nitrogen and oxygen atoms in total. The molecule has 0 aliphatic carbocycles. The molecule has 2 aromatic rings. The van der Waals surface area contributed by atoms with Gasteiger partial charge in [-0.25, -0.2) is 4.09 Å². The van der Waals surface area contributed by atoms with E-state index in [1.54, 1.807) is 4.09 Å². The highest BCUT2D eigenvalue weighted by atomic mass is 32.1. The van der Waals surface area contributed by atoms with E-state index in [0.717, 1.165) is 11.2 Å². The first kappa shape index (κ1) is 10.1. The van der Waals surface area contributed by atoms with E-state index in [4.69, 9.17) is 0 Å². The second-order valence-corrected chi connectivity index (χ2v) is 2.87. The number of thiol groups is 1. The van der Waals surface area contributed by atoms with Crippen LogP contribution < -0.4 is 0 Å². The van der Waals surface area contributed by atoms with Gasteiger partial charge in [-0.3, -0.25) is 0 Å². The number of para-hydroxylation sites is 1. The fourth-order valence-corrected chi connectivity index (χ4v) is 1.51. The van der Waals surface area contributed by atoms with Gasteiger partial charge in [-0.2, -0.15) is 5.10 Å². The Morgan fingerprint density at radius 1 is 1.23 bits per heavy atom. The minimum atomic E-state index is 1.02. The number of aromatic nitrogens is 2. The lowest BCUT2D eigenvalue weighted by molar-refractivity contribution is 1.01.